The number of hydrogen-bond donors (Lipinski definition) is 1. The zero-order valence-electron chi connectivity index (χ0n) is 15.5. The highest BCUT2D eigenvalue weighted by Crippen LogP contribution is 2.33. The molecule has 1 aliphatic carbocycles. The first kappa shape index (κ1) is 16.1. The molecular weight excluding hydrogens is 316 g/mol. The van der Waals surface area contributed by atoms with Gasteiger partial charge in [0, 0.05) is 23.1 Å². The van der Waals surface area contributed by atoms with E-state index in [2.05, 4.69) is 64.5 Å². The third-order valence-corrected chi connectivity index (χ3v) is 6.57. The van der Waals surface area contributed by atoms with Gasteiger partial charge in [0.25, 0.3) is 0 Å². The largest absolute Gasteiger partial charge is 0.358 e. The molecule has 0 amide bonds. The molecule has 3 aromatic rings. The fraction of sp³-hybridized carbons (Fsp3) is 0.417. The van der Waals surface area contributed by atoms with Crippen molar-refractivity contribution in [2.45, 2.75) is 38.0 Å². The van der Waals surface area contributed by atoms with E-state index >= 15 is 0 Å². The fourth-order valence-corrected chi connectivity index (χ4v) is 5.14. The van der Waals surface area contributed by atoms with E-state index in [0.29, 0.717) is 0 Å². The Morgan fingerprint density at radius 1 is 0.885 bits per heavy atom. The average molecular weight is 345 g/mol. The van der Waals surface area contributed by atoms with Gasteiger partial charge in [-0.05, 0) is 74.2 Å². The van der Waals surface area contributed by atoms with Crippen LogP contribution in [0.2, 0.25) is 0 Å². The van der Waals surface area contributed by atoms with Crippen molar-refractivity contribution >= 4 is 10.9 Å². The minimum atomic E-state index is 0.763. The normalized spacial score (nSPS) is 21.8. The molecule has 26 heavy (non-hydrogen) atoms. The minimum Gasteiger partial charge on any atom is -0.358 e. The van der Waals surface area contributed by atoms with Gasteiger partial charge < -0.3 is 9.88 Å². The van der Waals surface area contributed by atoms with Gasteiger partial charge in [-0.3, -0.25) is 0 Å². The van der Waals surface area contributed by atoms with Crippen molar-refractivity contribution in [1.82, 2.24) is 9.88 Å². The zero-order chi connectivity index (χ0) is 17.3. The standard InChI is InChI=1S/C24H28N2/c1-2-6-19(7-3-1)20-12-14-26(15-13-20)17-18-10-11-24-22(16-18)21-8-4-5-9-23(21)25-24/h1-9,18,20,25H,10-17H2. The monoisotopic (exact) mass is 344 g/mol. The summed E-state index contributed by atoms with van der Waals surface area (Å²) in [6.45, 7) is 3.80. The number of piperidine rings is 1. The summed E-state index contributed by atoms with van der Waals surface area (Å²) in [5.41, 5.74) is 5.94. The summed E-state index contributed by atoms with van der Waals surface area (Å²) < 4.78 is 0. The number of aromatic amines is 1. The van der Waals surface area contributed by atoms with E-state index in [1.54, 1.807) is 5.56 Å². The van der Waals surface area contributed by atoms with Gasteiger partial charge in [-0.1, -0.05) is 48.5 Å². The van der Waals surface area contributed by atoms with Crippen LogP contribution in [0, 0.1) is 5.92 Å². The highest BCUT2D eigenvalue weighted by atomic mass is 15.1. The van der Waals surface area contributed by atoms with Gasteiger partial charge >= 0.3 is 0 Å². The molecule has 0 saturated carbocycles. The summed E-state index contributed by atoms with van der Waals surface area (Å²) in [7, 11) is 0. The van der Waals surface area contributed by atoms with Crippen LogP contribution in [0.3, 0.4) is 0 Å². The van der Waals surface area contributed by atoms with Crippen molar-refractivity contribution in [3.8, 4) is 0 Å². The molecule has 0 bridgehead atoms. The summed E-state index contributed by atoms with van der Waals surface area (Å²) in [6, 6.07) is 19.9. The number of likely N-dealkylation sites (tertiary alicyclic amines) is 1. The van der Waals surface area contributed by atoms with Crippen LogP contribution < -0.4 is 0 Å². The molecule has 1 saturated heterocycles. The maximum Gasteiger partial charge on any atom is 0.0458 e. The highest BCUT2D eigenvalue weighted by molar-refractivity contribution is 5.84. The lowest BCUT2D eigenvalue weighted by Crippen LogP contribution is -2.37. The maximum atomic E-state index is 3.65. The molecule has 1 aliphatic heterocycles. The molecule has 1 atom stereocenters. The Labute approximate surface area is 156 Å². The number of nitrogens with one attached hydrogen (secondary N) is 1. The van der Waals surface area contributed by atoms with E-state index in [9.17, 15) is 0 Å². The molecule has 5 rings (SSSR count). The van der Waals surface area contributed by atoms with Crippen molar-refractivity contribution in [1.29, 1.82) is 0 Å². The Morgan fingerprint density at radius 2 is 1.65 bits per heavy atom. The summed E-state index contributed by atoms with van der Waals surface area (Å²) in [4.78, 5) is 6.38. The number of para-hydroxylation sites is 1. The molecule has 1 aromatic heterocycles. The molecule has 2 heteroatoms. The first-order chi connectivity index (χ1) is 12.9. The zero-order valence-corrected chi connectivity index (χ0v) is 15.5. The third kappa shape index (κ3) is 3.07. The summed E-state index contributed by atoms with van der Waals surface area (Å²) in [6.07, 6.45) is 6.43. The van der Waals surface area contributed by atoms with Gasteiger partial charge in [-0.15, -0.1) is 0 Å². The van der Waals surface area contributed by atoms with Crippen molar-refractivity contribution < 1.29 is 0 Å². The first-order valence-corrected chi connectivity index (χ1v) is 10.2. The topological polar surface area (TPSA) is 19.0 Å². The lowest BCUT2D eigenvalue weighted by atomic mass is 9.84. The molecule has 2 aromatic carbocycles. The molecule has 0 radical (unpaired) electrons. The van der Waals surface area contributed by atoms with Crippen molar-refractivity contribution in [2.75, 3.05) is 19.6 Å². The predicted molar refractivity (Wildman–Crippen MR) is 109 cm³/mol. The molecule has 2 heterocycles. The van der Waals surface area contributed by atoms with Gasteiger partial charge in [0.05, 0.1) is 0 Å². The molecular formula is C24H28N2. The number of aryl methyl sites for hydroxylation is 1. The van der Waals surface area contributed by atoms with Crippen molar-refractivity contribution in [3.05, 3.63) is 71.4 Å². The van der Waals surface area contributed by atoms with Gasteiger partial charge in [-0.2, -0.15) is 0 Å². The quantitative estimate of drug-likeness (QED) is 0.696. The lowest BCUT2D eigenvalue weighted by molar-refractivity contribution is 0.175. The number of fused-ring (bicyclic) bond motifs is 3. The Hall–Kier alpha value is -2.06. The SMILES string of the molecule is c1ccc(C2CCN(CC3CCc4[nH]c5ccccc5c4C3)CC2)cc1. The molecule has 0 spiro atoms. The molecule has 1 fully saturated rings. The van der Waals surface area contributed by atoms with Gasteiger partial charge in [-0.25, -0.2) is 0 Å². The Morgan fingerprint density at radius 3 is 2.50 bits per heavy atom. The van der Waals surface area contributed by atoms with E-state index in [1.165, 1.54) is 73.9 Å². The van der Waals surface area contributed by atoms with E-state index in [0.717, 1.165) is 11.8 Å². The number of rotatable bonds is 3. The van der Waals surface area contributed by atoms with Crippen LogP contribution >= 0.6 is 0 Å². The van der Waals surface area contributed by atoms with Crippen LogP contribution in [0.5, 0.6) is 0 Å². The molecule has 2 aliphatic rings. The number of aromatic nitrogens is 1. The van der Waals surface area contributed by atoms with E-state index in [1.807, 2.05) is 0 Å². The second kappa shape index (κ2) is 6.92. The van der Waals surface area contributed by atoms with Gasteiger partial charge in [0.2, 0.25) is 0 Å². The number of nitrogens with zero attached hydrogens (tertiary/aromatic N) is 1. The Bertz CT molecular complexity index is 872. The second-order valence-corrected chi connectivity index (χ2v) is 8.22. The van der Waals surface area contributed by atoms with Gasteiger partial charge in [0.1, 0.15) is 0 Å². The van der Waals surface area contributed by atoms with Crippen LogP contribution in [0.1, 0.15) is 42.0 Å². The summed E-state index contributed by atoms with van der Waals surface area (Å²) in [5, 5.41) is 1.45. The minimum absolute atomic E-state index is 0.763. The number of H-pyrrole nitrogens is 1. The van der Waals surface area contributed by atoms with Crippen LogP contribution in [-0.4, -0.2) is 29.5 Å². The first-order valence-electron chi connectivity index (χ1n) is 10.2. The predicted octanol–water partition coefficient (Wildman–Crippen LogP) is 5.15. The number of hydrogen-bond acceptors (Lipinski definition) is 1. The molecule has 134 valence electrons. The lowest BCUT2D eigenvalue weighted by Gasteiger charge is -2.35. The summed E-state index contributed by atoms with van der Waals surface area (Å²) >= 11 is 0. The third-order valence-electron chi connectivity index (χ3n) is 6.57. The molecule has 1 N–H and O–H groups in total. The second-order valence-electron chi connectivity index (χ2n) is 8.22. The Balaban J connectivity index is 1.22. The smallest absolute Gasteiger partial charge is 0.0458 e. The van der Waals surface area contributed by atoms with E-state index in [4.69, 9.17) is 0 Å². The van der Waals surface area contributed by atoms with Crippen LogP contribution in [0.15, 0.2) is 54.6 Å². The van der Waals surface area contributed by atoms with Crippen LogP contribution in [0.25, 0.3) is 10.9 Å². The fourth-order valence-electron chi connectivity index (χ4n) is 5.14. The van der Waals surface area contributed by atoms with Crippen molar-refractivity contribution in [2.24, 2.45) is 5.92 Å². The molecule has 1 unspecified atom stereocenters. The number of benzene rings is 2. The van der Waals surface area contributed by atoms with Crippen LogP contribution in [0.4, 0.5) is 0 Å². The maximum absolute atomic E-state index is 3.65. The summed E-state index contributed by atoms with van der Waals surface area (Å²) in [5.74, 6) is 1.58. The van der Waals surface area contributed by atoms with Crippen molar-refractivity contribution in [3.63, 3.8) is 0 Å². The van der Waals surface area contributed by atoms with Crippen LogP contribution in [-0.2, 0) is 12.8 Å². The van der Waals surface area contributed by atoms with E-state index in [-0.39, 0.29) is 0 Å². The van der Waals surface area contributed by atoms with Gasteiger partial charge in [0.15, 0.2) is 0 Å². The van der Waals surface area contributed by atoms with E-state index < -0.39 is 0 Å². The Kier molecular flexibility index (Phi) is 4.30. The molecule has 2 nitrogen and oxygen atoms in total. The average Bonchev–Trinajstić information content (AvgIpc) is 3.07. The highest BCUT2D eigenvalue weighted by Gasteiger charge is 2.26.